The number of anilines is 1. The number of hydrogen-bond acceptors (Lipinski definition) is 4. The molecule has 0 aliphatic heterocycles. The third-order valence-electron chi connectivity index (χ3n) is 3.10. The number of nitrogens with one attached hydrogen (secondary N) is 1. The third-order valence-corrected chi connectivity index (χ3v) is 4.07. The molecule has 0 saturated carbocycles. The largest absolute Gasteiger partial charge is 0.478 e. The molecule has 0 saturated heterocycles. The van der Waals surface area contributed by atoms with E-state index in [-0.39, 0.29) is 11.5 Å². The zero-order valence-corrected chi connectivity index (χ0v) is 12.5. The van der Waals surface area contributed by atoms with Gasteiger partial charge in [0.25, 0.3) is 5.91 Å². The van der Waals surface area contributed by atoms with Crippen molar-refractivity contribution >= 4 is 28.2 Å². The van der Waals surface area contributed by atoms with Gasteiger partial charge in [0, 0.05) is 10.4 Å². The predicted octanol–water partition coefficient (Wildman–Crippen LogP) is 3.53. The highest BCUT2D eigenvalue weighted by atomic mass is 32.1. The van der Waals surface area contributed by atoms with Crippen molar-refractivity contribution in [1.82, 2.24) is 0 Å². The molecule has 6 heteroatoms. The van der Waals surface area contributed by atoms with Gasteiger partial charge in [0.05, 0.1) is 11.1 Å². The van der Waals surface area contributed by atoms with E-state index in [0.29, 0.717) is 22.1 Å². The number of carbonyl (C=O) groups excluding carboxylic acids is 1. The highest BCUT2D eigenvalue weighted by Gasteiger charge is 2.21. The molecule has 0 radical (unpaired) electrons. The van der Waals surface area contributed by atoms with Gasteiger partial charge in [-0.3, -0.25) is 4.79 Å². The highest BCUT2D eigenvalue weighted by molar-refractivity contribution is 7.16. The zero-order valence-electron chi connectivity index (χ0n) is 11.7. The molecule has 0 unspecified atom stereocenters. The number of carboxylic acid groups (broad SMARTS) is 1. The maximum Gasteiger partial charge on any atom is 0.338 e. The van der Waals surface area contributed by atoms with Crippen molar-refractivity contribution in [3.05, 3.63) is 39.2 Å². The van der Waals surface area contributed by atoms with Gasteiger partial charge >= 0.3 is 5.97 Å². The van der Waals surface area contributed by atoms with E-state index >= 15 is 0 Å². The topological polar surface area (TPSA) is 79.5 Å². The average molecular weight is 293 g/mol. The first kappa shape index (κ1) is 14.3. The molecular weight excluding hydrogens is 278 g/mol. The number of furan rings is 1. The van der Waals surface area contributed by atoms with Crippen LogP contribution in [-0.2, 0) is 0 Å². The van der Waals surface area contributed by atoms with Gasteiger partial charge in [0.2, 0.25) is 0 Å². The molecule has 5 nitrogen and oxygen atoms in total. The second-order valence-electron chi connectivity index (χ2n) is 4.57. The van der Waals surface area contributed by atoms with Gasteiger partial charge in [0.15, 0.2) is 0 Å². The fourth-order valence-corrected chi connectivity index (χ4v) is 2.96. The number of hydrogen-bond donors (Lipinski definition) is 2. The lowest BCUT2D eigenvalue weighted by Gasteiger charge is -2.04. The van der Waals surface area contributed by atoms with E-state index < -0.39 is 5.97 Å². The lowest BCUT2D eigenvalue weighted by molar-refractivity contribution is 0.0698. The van der Waals surface area contributed by atoms with Gasteiger partial charge < -0.3 is 14.8 Å². The van der Waals surface area contributed by atoms with Crippen molar-refractivity contribution in [1.29, 1.82) is 0 Å². The summed E-state index contributed by atoms with van der Waals surface area (Å²) in [5.74, 6) is -0.182. The zero-order chi connectivity index (χ0) is 15.0. The smallest absolute Gasteiger partial charge is 0.338 e. The molecule has 0 fully saturated rings. The van der Waals surface area contributed by atoms with Gasteiger partial charge in [0.1, 0.15) is 16.5 Å². The number of thiophene rings is 1. The monoisotopic (exact) mass is 293 g/mol. The molecule has 1 amide bonds. The van der Waals surface area contributed by atoms with Crippen molar-refractivity contribution in [3.8, 4) is 0 Å². The Morgan fingerprint density at radius 2 is 1.85 bits per heavy atom. The van der Waals surface area contributed by atoms with Gasteiger partial charge in [-0.05, 0) is 33.8 Å². The molecule has 0 aliphatic rings. The van der Waals surface area contributed by atoms with Crippen LogP contribution in [0, 0.1) is 27.7 Å². The van der Waals surface area contributed by atoms with Crippen LogP contribution in [0.15, 0.2) is 10.5 Å². The molecule has 2 N–H and O–H groups in total. The summed E-state index contributed by atoms with van der Waals surface area (Å²) in [5, 5.41) is 12.1. The van der Waals surface area contributed by atoms with Crippen molar-refractivity contribution < 1.29 is 19.1 Å². The third kappa shape index (κ3) is 2.46. The van der Waals surface area contributed by atoms with Crippen LogP contribution < -0.4 is 5.32 Å². The molecule has 0 aromatic carbocycles. The first-order chi connectivity index (χ1) is 9.31. The second kappa shape index (κ2) is 5.13. The van der Waals surface area contributed by atoms with Crippen molar-refractivity contribution in [2.24, 2.45) is 0 Å². The summed E-state index contributed by atoms with van der Waals surface area (Å²) in [7, 11) is 0. The minimum atomic E-state index is -1.05. The lowest BCUT2D eigenvalue weighted by Crippen LogP contribution is -2.14. The Bertz CT molecular complexity index is 696. The molecule has 0 atom stereocenters. The predicted molar refractivity (Wildman–Crippen MR) is 76.9 cm³/mol. The van der Waals surface area contributed by atoms with Crippen LogP contribution in [0.25, 0.3) is 0 Å². The Kier molecular flexibility index (Phi) is 3.67. The first-order valence-corrected chi connectivity index (χ1v) is 6.84. The van der Waals surface area contributed by atoms with Crippen LogP contribution >= 0.6 is 11.3 Å². The van der Waals surface area contributed by atoms with E-state index in [2.05, 4.69) is 5.32 Å². The van der Waals surface area contributed by atoms with Gasteiger partial charge in [-0.25, -0.2) is 4.79 Å². The van der Waals surface area contributed by atoms with Crippen LogP contribution in [0.4, 0.5) is 5.00 Å². The Labute approximate surface area is 120 Å². The summed E-state index contributed by atoms with van der Waals surface area (Å²) >= 11 is 1.24. The number of carboxylic acids is 1. The Balaban J connectivity index is 2.35. The van der Waals surface area contributed by atoms with E-state index in [1.807, 2.05) is 0 Å². The van der Waals surface area contributed by atoms with Crippen molar-refractivity contribution in [2.75, 3.05) is 5.32 Å². The minimum Gasteiger partial charge on any atom is -0.478 e. The molecule has 2 rings (SSSR count). The van der Waals surface area contributed by atoms with E-state index in [0.717, 1.165) is 10.4 Å². The van der Waals surface area contributed by atoms with Gasteiger partial charge in [-0.15, -0.1) is 11.3 Å². The lowest BCUT2D eigenvalue weighted by atomic mass is 10.1. The maximum absolute atomic E-state index is 12.3. The summed E-state index contributed by atoms with van der Waals surface area (Å²) < 4.78 is 5.41. The van der Waals surface area contributed by atoms with Crippen molar-refractivity contribution in [3.63, 3.8) is 0 Å². The number of aromatic carboxylic acids is 1. The fraction of sp³-hybridized carbons (Fsp3) is 0.286. The van der Waals surface area contributed by atoms with Crippen LogP contribution in [0.3, 0.4) is 0 Å². The van der Waals surface area contributed by atoms with Crippen LogP contribution in [-0.4, -0.2) is 17.0 Å². The fourth-order valence-electron chi connectivity index (χ4n) is 2.06. The van der Waals surface area contributed by atoms with Crippen molar-refractivity contribution in [2.45, 2.75) is 27.7 Å². The summed E-state index contributed by atoms with van der Waals surface area (Å²) in [6, 6.07) is 1.54. The number of rotatable bonds is 3. The summed E-state index contributed by atoms with van der Waals surface area (Å²) in [6.07, 6.45) is 0. The summed E-state index contributed by atoms with van der Waals surface area (Å²) in [6.45, 7) is 7.10. The Morgan fingerprint density at radius 1 is 1.20 bits per heavy atom. The second-order valence-corrected chi connectivity index (χ2v) is 5.83. The first-order valence-electron chi connectivity index (χ1n) is 6.03. The normalized spacial score (nSPS) is 10.6. The summed E-state index contributed by atoms with van der Waals surface area (Å²) in [5.41, 5.74) is 1.34. The number of aryl methyl sites for hydroxylation is 3. The van der Waals surface area contributed by atoms with Crippen LogP contribution in [0.5, 0.6) is 0 Å². The SMILES string of the molecule is Cc1cc(C(=O)O)c(NC(=O)c2c(C)oc(C)c2C)s1. The van der Waals surface area contributed by atoms with E-state index in [9.17, 15) is 9.59 Å². The van der Waals surface area contributed by atoms with E-state index in [4.69, 9.17) is 9.52 Å². The molecule has 2 heterocycles. The molecular formula is C14H15NO4S. The number of amides is 1. The molecule has 0 spiro atoms. The van der Waals surface area contributed by atoms with Crippen LogP contribution in [0.1, 0.15) is 42.7 Å². The molecule has 106 valence electrons. The summed E-state index contributed by atoms with van der Waals surface area (Å²) in [4.78, 5) is 24.3. The maximum atomic E-state index is 12.3. The Morgan fingerprint density at radius 3 is 2.35 bits per heavy atom. The molecule has 2 aromatic rings. The Hall–Kier alpha value is -2.08. The molecule has 20 heavy (non-hydrogen) atoms. The molecule has 2 aromatic heterocycles. The van der Waals surface area contributed by atoms with E-state index in [1.54, 1.807) is 33.8 Å². The van der Waals surface area contributed by atoms with Gasteiger partial charge in [-0.2, -0.15) is 0 Å². The van der Waals surface area contributed by atoms with Gasteiger partial charge in [-0.1, -0.05) is 0 Å². The average Bonchev–Trinajstić information content (AvgIpc) is 2.80. The van der Waals surface area contributed by atoms with E-state index in [1.165, 1.54) is 11.3 Å². The molecule has 0 bridgehead atoms. The number of carbonyl (C=O) groups is 2. The highest BCUT2D eigenvalue weighted by Crippen LogP contribution is 2.29. The minimum absolute atomic E-state index is 0.108. The van der Waals surface area contributed by atoms with Crippen LogP contribution in [0.2, 0.25) is 0 Å². The molecule has 0 aliphatic carbocycles. The standard InChI is InChI=1S/C14H15NO4S/c1-6-5-10(14(17)18)13(20-6)15-12(16)11-7(2)8(3)19-9(11)4/h5H,1-4H3,(H,15,16)(H,17,18). The quantitative estimate of drug-likeness (QED) is 0.907.